The molecule has 0 spiro atoms. The largest absolute Gasteiger partial charge is 0.496 e. The number of hydrogen-bond acceptors (Lipinski definition) is 4. The second-order valence-corrected chi connectivity index (χ2v) is 9.54. The fourth-order valence-electron chi connectivity index (χ4n) is 3.44. The third-order valence-electron chi connectivity index (χ3n) is 5.37. The second kappa shape index (κ2) is 8.55. The van der Waals surface area contributed by atoms with E-state index in [4.69, 9.17) is 4.74 Å². The molecule has 0 unspecified atom stereocenters. The van der Waals surface area contributed by atoms with Gasteiger partial charge in [0.25, 0.3) is 5.91 Å². The monoisotopic (exact) mass is 416 g/mol. The topological polar surface area (TPSA) is 66.9 Å². The number of benzene rings is 2. The van der Waals surface area contributed by atoms with E-state index in [0.29, 0.717) is 35.2 Å². The van der Waals surface area contributed by atoms with Gasteiger partial charge in [-0.3, -0.25) is 4.79 Å². The van der Waals surface area contributed by atoms with E-state index in [2.05, 4.69) is 13.8 Å². The molecule has 7 heteroatoms. The van der Waals surface area contributed by atoms with Crippen molar-refractivity contribution < 1.29 is 17.9 Å². The van der Waals surface area contributed by atoms with Crippen molar-refractivity contribution >= 4 is 15.9 Å². The van der Waals surface area contributed by atoms with Gasteiger partial charge in [-0.25, -0.2) is 8.42 Å². The number of methoxy groups -OCH3 is 1. The minimum absolute atomic E-state index is 0.110. The van der Waals surface area contributed by atoms with Crippen LogP contribution in [0.5, 0.6) is 5.75 Å². The summed E-state index contributed by atoms with van der Waals surface area (Å²) in [5.41, 5.74) is 2.62. The average Bonchev–Trinajstić information content (AvgIpc) is 2.73. The third kappa shape index (κ3) is 4.46. The van der Waals surface area contributed by atoms with E-state index in [1.165, 1.54) is 4.31 Å². The number of piperazine rings is 1. The molecule has 156 valence electrons. The van der Waals surface area contributed by atoms with Crippen molar-refractivity contribution in [3.8, 4) is 5.75 Å². The van der Waals surface area contributed by atoms with Crippen LogP contribution in [0.25, 0.3) is 0 Å². The first-order valence-corrected chi connectivity index (χ1v) is 11.2. The Balaban J connectivity index is 1.68. The molecule has 1 aliphatic rings. The molecule has 3 rings (SSSR count). The van der Waals surface area contributed by atoms with Gasteiger partial charge in [-0.05, 0) is 48.2 Å². The lowest BCUT2D eigenvalue weighted by molar-refractivity contribution is 0.0697. The molecule has 0 atom stereocenters. The fourth-order valence-corrected chi connectivity index (χ4v) is 4.86. The number of ether oxygens (including phenoxy) is 1. The van der Waals surface area contributed by atoms with Gasteiger partial charge in [0.15, 0.2) is 0 Å². The zero-order valence-electron chi connectivity index (χ0n) is 17.4. The molecule has 1 aliphatic heterocycles. The maximum absolute atomic E-state index is 12.9. The second-order valence-electron chi connectivity index (χ2n) is 7.60. The highest BCUT2D eigenvalue weighted by Gasteiger charge is 2.30. The van der Waals surface area contributed by atoms with Crippen LogP contribution in [0.3, 0.4) is 0 Å². The molecule has 0 aromatic heterocycles. The lowest BCUT2D eigenvalue weighted by atomic mass is 10.0. The maximum Gasteiger partial charge on any atom is 0.254 e. The summed E-state index contributed by atoms with van der Waals surface area (Å²) in [6.07, 6.45) is 0. The van der Waals surface area contributed by atoms with Crippen molar-refractivity contribution in [1.82, 2.24) is 9.21 Å². The molecule has 29 heavy (non-hydrogen) atoms. The van der Waals surface area contributed by atoms with Gasteiger partial charge in [-0.1, -0.05) is 32.0 Å². The molecule has 6 nitrogen and oxygen atoms in total. The molecule has 2 aromatic rings. The Morgan fingerprint density at radius 2 is 1.62 bits per heavy atom. The van der Waals surface area contributed by atoms with Crippen LogP contribution >= 0.6 is 0 Å². The van der Waals surface area contributed by atoms with Crippen LogP contribution in [0.15, 0.2) is 47.4 Å². The van der Waals surface area contributed by atoms with Crippen LogP contribution in [-0.2, 0) is 10.0 Å². The van der Waals surface area contributed by atoms with Gasteiger partial charge in [0, 0.05) is 31.7 Å². The van der Waals surface area contributed by atoms with Gasteiger partial charge < -0.3 is 9.64 Å². The van der Waals surface area contributed by atoms with E-state index in [1.807, 2.05) is 25.1 Å². The van der Waals surface area contributed by atoms with E-state index in [-0.39, 0.29) is 19.0 Å². The first-order valence-electron chi connectivity index (χ1n) is 9.78. The van der Waals surface area contributed by atoms with Gasteiger partial charge in [0.05, 0.1) is 12.0 Å². The van der Waals surface area contributed by atoms with Crippen molar-refractivity contribution in [1.29, 1.82) is 0 Å². The number of carbonyl (C=O) groups is 1. The predicted molar refractivity (Wildman–Crippen MR) is 113 cm³/mol. The number of aryl methyl sites for hydroxylation is 1. The molecule has 1 amide bonds. The van der Waals surface area contributed by atoms with Gasteiger partial charge in [-0.2, -0.15) is 4.31 Å². The predicted octanol–water partition coefficient (Wildman–Crippen LogP) is 3.27. The van der Waals surface area contributed by atoms with E-state index in [0.717, 1.165) is 11.1 Å². The number of rotatable bonds is 5. The summed E-state index contributed by atoms with van der Waals surface area (Å²) in [4.78, 5) is 14.8. The lowest BCUT2D eigenvalue weighted by Crippen LogP contribution is -2.50. The summed E-state index contributed by atoms with van der Waals surface area (Å²) < 4.78 is 32.6. The van der Waals surface area contributed by atoms with E-state index >= 15 is 0 Å². The average molecular weight is 417 g/mol. The van der Waals surface area contributed by atoms with Crippen molar-refractivity contribution in [3.63, 3.8) is 0 Å². The minimum atomic E-state index is -3.56. The van der Waals surface area contributed by atoms with Crippen molar-refractivity contribution in [2.75, 3.05) is 33.3 Å². The summed E-state index contributed by atoms with van der Waals surface area (Å²) in [5.74, 6) is 0.908. The van der Waals surface area contributed by atoms with Gasteiger partial charge in [-0.15, -0.1) is 0 Å². The van der Waals surface area contributed by atoms with E-state index < -0.39 is 10.0 Å². The SMILES string of the molecule is COc1cc(C(=O)N2CCN(S(=O)(=O)c3ccc(C(C)C)cc3)CC2)ccc1C. The van der Waals surface area contributed by atoms with E-state index in [1.54, 1.807) is 36.3 Å². The summed E-state index contributed by atoms with van der Waals surface area (Å²) in [6.45, 7) is 7.35. The molecule has 0 bridgehead atoms. The number of amides is 1. The maximum atomic E-state index is 12.9. The number of carbonyl (C=O) groups excluding carboxylic acids is 1. The van der Waals surface area contributed by atoms with Crippen LogP contribution in [-0.4, -0.2) is 56.8 Å². The Bertz CT molecular complexity index is 976. The third-order valence-corrected chi connectivity index (χ3v) is 7.28. The van der Waals surface area contributed by atoms with Crippen LogP contribution in [0.2, 0.25) is 0 Å². The molecule has 0 radical (unpaired) electrons. The summed E-state index contributed by atoms with van der Waals surface area (Å²) in [7, 11) is -1.98. The Hall–Kier alpha value is -2.38. The number of sulfonamides is 1. The Morgan fingerprint density at radius 1 is 1.00 bits per heavy atom. The molecule has 1 heterocycles. The highest BCUT2D eigenvalue weighted by Crippen LogP contribution is 2.23. The Morgan fingerprint density at radius 3 is 2.17 bits per heavy atom. The number of hydrogen-bond donors (Lipinski definition) is 0. The zero-order valence-corrected chi connectivity index (χ0v) is 18.2. The lowest BCUT2D eigenvalue weighted by Gasteiger charge is -2.34. The van der Waals surface area contributed by atoms with Crippen LogP contribution in [0.1, 0.15) is 41.3 Å². The summed E-state index contributed by atoms with van der Waals surface area (Å²) in [6, 6.07) is 12.4. The van der Waals surface area contributed by atoms with E-state index in [9.17, 15) is 13.2 Å². The molecule has 0 saturated carbocycles. The molecule has 0 aliphatic carbocycles. The van der Waals surface area contributed by atoms with Gasteiger partial charge in [0.2, 0.25) is 10.0 Å². The quantitative estimate of drug-likeness (QED) is 0.750. The highest BCUT2D eigenvalue weighted by molar-refractivity contribution is 7.89. The Kier molecular flexibility index (Phi) is 6.29. The molecule has 1 fully saturated rings. The molecule has 2 aromatic carbocycles. The van der Waals surface area contributed by atoms with Crippen LogP contribution in [0.4, 0.5) is 0 Å². The van der Waals surface area contributed by atoms with Crippen LogP contribution < -0.4 is 4.74 Å². The van der Waals surface area contributed by atoms with Crippen molar-refractivity contribution in [2.45, 2.75) is 31.6 Å². The molecular weight excluding hydrogens is 388 g/mol. The first-order chi connectivity index (χ1) is 13.7. The van der Waals surface area contributed by atoms with Gasteiger partial charge >= 0.3 is 0 Å². The summed E-state index contributed by atoms with van der Waals surface area (Å²) in [5, 5.41) is 0. The number of nitrogens with zero attached hydrogens (tertiary/aromatic N) is 2. The standard InChI is InChI=1S/C22H28N2O4S/c1-16(2)18-7-9-20(10-8-18)29(26,27)24-13-11-23(12-14-24)22(25)19-6-5-17(3)21(15-19)28-4/h5-10,15-16H,11-14H2,1-4H3. The van der Waals surface area contributed by atoms with Crippen molar-refractivity contribution in [3.05, 3.63) is 59.2 Å². The van der Waals surface area contributed by atoms with Crippen molar-refractivity contribution in [2.24, 2.45) is 0 Å². The zero-order chi connectivity index (χ0) is 21.2. The minimum Gasteiger partial charge on any atom is -0.496 e. The van der Waals surface area contributed by atoms with Gasteiger partial charge in [0.1, 0.15) is 5.75 Å². The molecule has 0 N–H and O–H groups in total. The summed E-state index contributed by atoms with van der Waals surface area (Å²) >= 11 is 0. The first kappa shape index (κ1) is 21.3. The Labute approximate surface area is 173 Å². The molecule has 1 saturated heterocycles. The smallest absolute Gasteiger partial charge is 0.254 e. The normalized spacial score (nSPS) is 15.6. The highest BCUT2D eigenvalue weighted by atomic mass is 32.2. The van der Waals surface area contributed by atoms with Crippen LogP contribution in [0, 0.1) is 6.92 Å². The molecular formula is C22H28N2O4S. The fraction of sp³-hybridized carbons (Fsp3) is 0.409.